The van der Waals surface area contributed by atoms with Gasteiger partial charge in [-0.2, -0.15) is 0 Å². The molecule has 18 heavy (non-hydrogen) atoms. The molecule has 1 aromatic carbocycles. The second-order valence-corrected chi connectivity index (χ2v) is 5.10. The molecule has 0 radical (unpaired) electrons. The van der Waals surface area contributed by atoms with Crippen molar-refractivity contribution in [1.29, 1.82) is 0 Å². The van der Waals surface area contributed by atoms with E-state index in [9.17, 15) is 5.11 Å². The number of hydrogen-bond acceptors (Lipinski definition) is 3. The summed E-state index contributed by atoms with van der Waals surface area (Å²) in [7, 11) is 0. The highest BCUT2D eigenvalue weighted by molar-refractivity contribution is 5.31. The maximum atomic E-state index is 9.88. The van der Waals surface area contributed by atoms with Crippen molar-refractivity contribution in [3.8, 4) is 5.75 Å². The summed E-state index contributed by atoms with van der Waals surface area (Å²) in [6.07, 6.45) is 3.68. The van der Waals surface area contributed by atoms with Crippen molar-refractivity contribution < 1.29 is 5.11 Å². The van der Waals surface area contributed by atoms with Crippen LogP contribution < -0.4 is 5.32 Å². The summed E-state index contributed by atoms with van der Waals surface area (Å²) in [5, 5.41) is 13.4. The predicted octanol–water partition coefficient (Wildman–Crippen LogP) is 2.36. The Balaban J connectivity index is 2.03. The monoisotopic (exact) mass is 248 g/mol. The van der Waals surface area contributed by atoms with Gasteiger partial charge in [-0.1, -0.05) is 25.1 Å². The van der Waals surface area contributed by atoms with E-state index in [0.717, 1.165) is 38.2 Å². The third-order valence-corrected chi connectivity index (χ3v) is 3.66. The molecule has 3 nitrogen and oxygen atoms in total. The minimum absolute atomic E-state index is 0.419. The van der Waals surface area contributed by atoms with Crippen LogP contribution >= 0.6 is 0 Å². The third-order valence-electron chi connectivity index (χ3n) is 3.66. The number of aromatic hydroxyl groups is 1. The molecule has 0 amide bonds. The van der Waals surface area contributed by atoms with Gasteiger partial charge in [-0.05, 0) is 38.4 Å². The minimum Gasteiger partial charge on any atom is -0.508 e. The fourth-order valence-electron chi connectivity index (χ4n) is 2.69. The van der Waals surface area contributed by atoms with E-state index < -0.39 is 0 Å². The minimum atomic E-state index is 0.419. The van der Waals surface area contributed by atoms with Crippen molar-refractivity contribution in [1.82, 2.24) is 10.2 Å². The lowest BCUT2D eigenvalue weighted by Crippen LogP contribution is -2.45. The zero-order valence-corrected chi connectivity index (χ0v) is 11.2. The van der Waals surface area contributed by atoms with Crippen molar-refractivity contribution in [2.75, 3.05) is 19.6 Å². The van der Waals surface area contributed by atoms with E-state index in [2.05, 4.69) is 17.1 Å². The third kappa shape index (κ3) is 3.47. The summed E-state index contributed by atoms with van der Waals surface area (Å²) < 4.78 is 0. The van der Waals surface area contributed by atoms with Gasteiger partial charge < -0.3 is 10.4 Å². The Hall–Kier alpha value is -1.06. The molecule has 1 unspecified atom stereocenters. The topological polar surface area (TPSA) is 35.5 Å². The summed E-state index contributed by atoms with van der Waals surface area (Å²) in [6, 6.07) is 8.29. The molecule has 0 aliphatic carbocycles. The van der Waals surface area contributed by atoms with Crippen LogP contribution in [0, 0.1) is 0 Å². The number of phenolic OH excluding ortho intramolecular Hbond substituents is 1. The van der Waals surface area contributed by atoms with Gasteiger partial charge in [0.05, 0.1) is 0 Å². The first kappa shape index (κ1) is 13.4. The molecule has 2 N–H and O–H groups in total. The van der Waals surface area contributed by atoms with Gasteiger partial charge in [-0.15, -0.1) is 0 Å². The lowest BCUT2D eigenvalue weighted by Gasteiger charge is -2.34. The van der Waals surface area contributed by atoms with Gasteiger partial charge in [0.2, 0.25) is 0 Å². The zero-order valence-electron chi connectivity index (χ0n) is 11.2. The van der Waals surface area contributed by atoms with Crippen molar-refractivity contribution in [3.63, 3.8) is 0 Å². The predicted molar refractivity (Wildman–Crippen MR) is 74.7 cm³/mol. The molecule has 0 bridgehead atoms. The van der Waals surface area contributed by atoms with E-state index in [-0.39, 0.29) is 0 Å². The normalized spacial score (nSPS) is 20.2. The van der Waals surface area contributed by atoms with Crippen LogP contribution in [0.4, 0.5) is 0 Å². The summed E-state index contributed by atoms with van der Waals surface area (Å²) >= 11 is 0. The fraction of sp³-hybridized carbons (Fsp3) is 0.600. The van der Waals surface area contributed by atoms with Crippen molar-refractivity contribution in [2.45, 2.75) is 38.8 Å². The lowest BCUT2D eigenvalue weighted by atomic mass is 10.0. The summed E-state index contributed by atoms with van der Waals surface area (Å²) in [4.78, 5) is 2.50. The van der Waals surface area contributed by atoms with Crippen LogP contribution in [0.3, 0.4) is 0 Å². The van der Waals surface area contributed by atoms with Crippen LogP contribution in [-0.4, -0.2) is 35.7 Å². The maximum Gasteiger partial charge on any atom is 0.120 e. The van der Waals surface area contributed by atoms with Gasteiger partial charge in [0.25, 0.3) is 0 Å². The Morgan fingerprint density at radius 1 is 1.39 bits per heavy atom. The van der Waals surface area contributed by atoms with Gasteiger partial charge in [-0.3, -0.25) is 4.90 Å². The molecule has 1 aromatic rings. The van der Waals surface area contributed by atoms with E-state index in [0.29, 0.717) is 11.8 Å². The zero-order chi connectivity index (χ0) is 12.8. The Labute approximate surface area is 110 Å². The highest BCUT2D eigenvalue weighted by atomic mass is 16.3. The summed E-state index contributed by atoms with van der Waals surface area (Å²) in [5.74, 6) is 0.419. The average molecular weight is 248 g/mol. The molecule has 0 aromatic heterocycles. The number of hydrogen-bond donors (Lipinski definition) is 2. The molecule has 1 saturated heterocycles. The number of para-hydroxylation sites is 1. The van der Waals surface area contributed by atoms with Gasteiger partial charge in [0.15, 0.2) is 0 Å². The van der Waals surface area contributed by atoms with E-state index in [1.807, 2.05) is 18.2 Å². The molecule has 0 spiro atoms. The fourth-order valence-corrected chi connectivity index (χ4v) is 2.69. The number of piperidine rings is 1. The molecule has 1 aliphatic heterocycles. The molecule has 1 atom stereocenters. The Kier molecular flexibility index (Phi) is 5.02. The summed E-state index contributed by atoms with van der Waals surface area (Å²) in [6.45, 7) is 6.39. The maximum absolute atomic E-state index is 9.88. The standard InChI is InChI=1S/C15H24N2O/c1-2-10-17(14-7-5-9-16-11-14)12-13-6-3-4-8-15(13)18/h3-4,6,8,14,16,18H,2,5,7,9-12H2,1H3. The number of phenols is 1. The van der Waals surface area contributed by atoms with E-state index in [4.69, 9.17) is 0 Å². The van der Waals surface area contributed by atoms with Gasteiger partial charge in [-0.25, -0.2) is 0 Å². The molecular weight excluding hydrogens is 224 g/mol. The highest BCUT2D eigenvalue weighted by Crippen LogP contribution is 2.21. The molecule has 3 heteroatoms. The first-order chi connectivity index (χ1) is 8.81. The van der Waals surface area contributed by atoms with Crippen LogP contribution in [0.25, 0.3) is 0 Å². The Morgan fingerprint density at radius 3 is 2.89 bits per heavy atom. The Bertz CT molecular complexity index is 361. The molecule has 0 saturated carbocycles. The second kappa shape index (κ2) is 6.76. The summed E-state index contributed by atoms with van der Waals surface area (Å²) in [5.41, 5.74) is 1.04. The van der Waals surface area contributed by atoms with E-state index in [1.165, 1.54) is 12.8 Å². The van der Waals surface area contributed by atoms with Crippen LogP contribution in [0.1, 0.15) is 31.7 Å². The van der Waals surface area contributed by atoms with Crippen LogP contribution in [-0.2, 0) is 6.54 Å². The van der Waals surface area contributed by atoms with Crippen molar-refractivity contribution in [3.05, 3.63) is 29.8 Å². The Morgan fingerprint density at radius 2 is 2.22 bits per heavy atom. The van der Waals surface area contributed by atoms with Crippen LogP contribution in [0.5, 0.6) is 5.75 Å². The number of nitrogens with one attached hydrogen (secondary N) is 1. The molecule has 100 valence electrons. The van der Waals surface area contributed by atoms with E-state index >= 15 is 0 Å². The van der Waals surface area contributed by atoms with Gasteiger partial charge in [0.1, 0.15) is 5.75 Å². The lowest BCUT2D eigenvalue weighted by molar-refractivity contribution is 0.156. The smallest absolute Gasteiger partial charge is 0.120 e. The molecular formula is C15H24N2O. The number of rotatable bonds is 5. The molecule has 2 rings (SSSR count). The molecule has 1 fully saturated rings. The number of nitrogens with zero attached hydrogens (tertiary/aromatic N) is 1. The van der Waals surface area contributed by atoms with Crippen LogP contribution in [0.15, 0.2) is 24.3 Å². The van der Waals surface area contributed by atoms with Crippen molar-refractivity contribution >= 4 is 0 Å². The van der Waals surface area contributed by atoms with Gasteiger partial charge >= 0.3 is 0 Å². The van der Waals surface area contributed by atoms with Gasteiger partial charge in [0, 0.05) is 24.7 Å². The first-order valence-corrected chi connectivity index (χ1v) is 7.03. The second-order valence-electron chi connectivity index (χ2n) is 5.10. The first-order valence-electron chi connectivity index (χ1n) is 7.03. The van der Waals surface area contributed by atoms with Crippen molar-refractivity contribution in [2.24, 2.45) is 0 Å². The molecule has 1 aliphatic rings. The largest absolute Gasteiger partial charge is 0.508 e. The number of benzene rings is 1. The quantitative estimate of drug-likeness (QED) is 0.839. The van der Waals surface area contributed by atoms with Crippen LogP contribution in [0.2, 0.25) is 0 Å². The molecule has 1 heterocycles. The highest BCUT2D eigenvalue weighted by Gasteiger charge is 2.20. The SMILES string of the molecule is CCCN(Cc1ccccc1O)C1CCCNC1. The van der Waals surface area contributed by atoms with E-state index in [1.54, 1.807) is 6.07 Å². The average Bonchev–Trinajstić information content (AvgIpc) is 2.42.